The van der Waals surface area contributed by atoms with Crippen LogP contribution in [-0.4, -0.2) is 57.7 Å². The summed E-state index contributed by atoms with van der Waals surface area (Å²) in [5.74, 6) is -1.62. The number of carbonyl (C=O) groups is 1. The molecular weight excluding hydrogens is 370 g/mol. The van der Waals surface area contributed by atoms with Crippen LogP contribution in [0.2, 0.25) is 0 Å². The molecule has 2 fully saturated rings. The number of carbonyl (C=O) groups excluding carboxylic acids is 1. The van der Waals surface area contributed by atoms with Crippen molar-refractivity contribution in [2.45, 2.75) is 76.5 Å². The van der Waals surface area contributed by atoms with Gasteiger partial charge in [0, 0.05) is 31.5 Å². The molecular formula is C19H28F2N4O3. The number of aromatic nitrogens is 2. The van der Waals surface area contributed by atoms with E-state index in [2.05, 4.69) is 15.3 Å². The highest BCUT2D eigenvalue weighted by molar-refractivity contribution is 5.69. The average molecular weight is 398 g/mol. The molecule has 156 valence electrons. The molecule has 0 aromatic carbocycles. The minimum atomic E-state index is -2.55. The fraction of sp³-hybridized carbons (Fsp3) is 0.737. The highest BCUT2D eigenvalue weighted by atomic mass is 19.3. The SMILES string of the molecule is CC(C)(C)OC(=O)N1CCC1COc1cc(NC2CCC(F)(F)CC2)ncn1. The number of alkyl halides is 2. The van der Waals surface area contributed by atoms with Gasteiger partial charge in [-0.15, -0.1) is 0 Å². The lowest BCUT2D eigenvalue weighted by Crippen LogP contribution is -2.55. The molecule has 1 aliphatic carbocycles. The molecule has 1 N–H and O–H groups in total. The molecule has 7 nitrogen and oxygen atoms in total. The maximum absolute atomic E-state index is 13.3. The van der Waals surface area contributed by atoms with Gasteiger partial charge in [-0.2, -0.15) is 0 Å². The van der Waals surface area contributed by atoms with Crippen molar-refractivity contribution in [3.63, 3.8) is 0 Å². The minimum Gasteiger partial charge on any atom is -0.475 e. The molecule has 1 amide bonds. The van der Waals surface area contributed by atoms with E-state index in [1.807, 2.05) is 20.8 Å². The van der Waals surface area contributed by atoms with Crippen LogP contribution in [0.3, 0.4) is 0 Å². The molecule has 0 bridgehead atoms. The first-order valence-electron chi connectivity index (χ1n) is 9.70. The average Bonchev–Trinajstić information content (AvgIpc) is 2.54. The zero-order chi connectivity index (χ0) is 20.4. The zero-order valence-electron chi connectivity index (χ0n) is 16.6. The van der Waals surface area contributed by atoms with Gasteiger partial charge in [0.1, 0.15) is 24.4 Å². The molecule has 1 saturated carbocycles. The molecule has 1 aromatic heterocycles. The van der Waals surface area contributed by atoms with Gasteiger partial charge in [0.05, 0.1) is 6.04 Å². The standard InChI is InChI=1S/C19H28F2N4O3/c1-18(2,3)28-17(26)25-9-6-14(25)11-27-16-10-15(22-12-23-16)24-13-4-7-19(20,21)8-5-13/h10,12-14H,4-9,11H2,1-3H3,(H,22,23,24). The van der Waals surface area contributed by atoms with Crippen molar-refractivity contribution >= 4 is 11.9 Å². The van der Waals surface area contributed by atoms with E-state index in [0.717, 1.165) is 6.42 Å². The maximum Gasteiger partial charge on any atom is 0.410 e. The predicted octanol–water partition coefficient (Wildman–Crippen LogP) is 3.85. The fourth-order valence-electron chi connectivity index (χ4n) is 3.25. The van der Waals surface area contributed by atoms with E-state index in [1.54, 1.807) is 11.0 Å². The molecule has 1 aromatic rings. The summed E-state index contributed by atoms with van der Waals surface area (Å²) in [4.78, 5) is 22.0. The first-order chi connectivity index (χ1) is 13.1. The highest BCUT2D eigenvalue weighted by Gasteiger charge is 2.36. The van der Waals surface area contributed by atoms with Crippen LogP contribution in [0.5, 0.6) is 5.88 Å². The Balaban J connectivity index is 1.48. The molecule has 2 heterocycles. The Morgan fingerprint density at radius 2 is 2.00 bits per heavy atom. The lowest BCUT2D eigenvalue weighted by molar-refractivity contribution is -0.0361. The number of ether oxygens (including phenoxy) is 2. The zero-order valence-corrected chi connectivity index (χ0v) is 16.6. The molecule has 28 heavy (non-hydrogen) atoms. The van der Waals surface area contributed by atoms with Gasteiger partial charge >= 0.3 is 6.09 Å². The monoisotopic (exact) mass is 398 g/mol. The van der Waals surface area contributed by atoms with Crippen LogP contribution in [0.25, 0.3) is 0 Å². The molecule has 2 aliphatic rings. The van der Waals surface area contributed by atoms with Gasteiger partial charge < -0.3 is 19.7 Å². The van der Waals surface area contributed by atoms with E-state index >= 15 is 0 Å². The smallest absolute Gasteiger partial charge is 0.410 e. The summed E-state index contributed by atoms with van der Waals surface area (Å²) in [6.07, 6.45) is 2.46. The Hall–Kier alpha value is -2.19. The number of nitrogens with zero attached hydrogens (tertiary/aromatic N) is 3. The summed E-state index contributed by atoms with van der Waals surface area (Å²) in [7, 11) is 0. The molecule has 1 unspecified atom stereocenters. The van der Waals surface area contributed by atoms with Gasteiger partial charge in [0.25, 0.3) is 0 Å². The molecule has 9 heteroatoms. The molecule has 0 radical (unpaired) electrons. The summed E-state index contributed by atoms with van der Waals surface area (Å²) in [5, 5.41) is 3.18. The van der Waals surface area contributed by atoms with Crippen LogP contribution in [0.15, 0.2) is 12.4 Å². The van der Waals surface area contributed by atoms with Gasteiger partial charge in [0.2, 0.25) is 11.8 Å². The van der Waals surface area contributed by atoms with Gasteiger partial charge in [-0.25, -0.2) is 23.5 Å². The second-order valence-electron chi connectivity index (χ2n) is 8.44. The number of hydrogen-bond donors (Lipinski definition) is 1. The minimum absolute atomic E-state index is 0.0309. The van der Waals surface area contributed by atoms with Gasteiger partial charge in [-0.3, -0.25) is 0 Å². The van der Waals surface area contributed by atoms with Crippen molar-refractivity contribution in [3.05, 3.63) is 12.4 Å². The Morgan fingerprint density at radius 3 is 2.61 bits per heavy atom. The Labute approximate surface area is 163 Å². The molecule has 1 atom stereocenters. The summed E-state index contributed by atoms with van der Waals surface area (Å²) in [6.45, 7) is 6.45. The third kappa shape index (κ3) is 5.65. The van der Waals surface area contributed by atoms with Crippen LogP contribution in [0.4, 0.5) is 19.4 Å². The van der Waals surface area contributed by atoms with Crippen LogP contribution >= 0.6 is 0 Å². The van der Waals surface area contributed by atoms with Crippen molar-refractivity contribution in [1.82, 2.24) is 14.9 Å². The number of rotatable bonds is 5. The number of anilines is 1. The van der Waals surface area contributed by atoms with E-state index in [-0.39, 0.29) is 31.0 Å². The number of likely N-dealkylation sites (tertiary alicyclic amines) is 1. The van der Waals surface area contributed by atoms with E-state index in [4.69, 9.17) is 9.47 Å². The molecule has 0 spiro atoms. The van der Waals surface area contributed by atoms with Crippen molar-refractivity contribution in [2.75, 3.05) is 18.5 Å². The lowest BCUT2D eigenvalue weighted by Gasteiger charge is -2.40. The number of halogens is 2. The predicted molar refractivity (Wildman–Crippen MR) is 99.7 cm³/mol. The van der Waals surface area contributed by atoms with Gasteiger partial charge in [0.15, 0.2) is 0 Å². The third-order valence-corrected chi connectivity index (χ3v) is 4.91. The Morgan fingerprint density at radius 1 is 1.29 bits per heavy atom. The summed E-state index contributed by atoms with van der Waals surface area (Å²) >= 11 is 0. The first kappa shape index (κ1) is 20.5. The van der Waals surface area contributed by atoms with Crippen LogP contribution < -0.4 is 10.1 Å². The van der Waals surface area contributed by atoms with Crippen molar-refractivity contribution in [3.8, 4) is 5.88 Å². The molecule has 1 aliphatic heterocycles. The van der Waals surface area contributed by atoms with Crippen LogP contribution in [0, 0.1) is 0 Å². The van der Waals surface area contributed by atoms with E-state index < -0.39 is 11.5 Å². The summed E-state index contributed by atoms with van der Waals surface area (Å²) in [6, 6.07) is 1.57. The lowest BCUT2D eigenvalue weighted by atomic mass is 9.92. The third-order valence-electron chi connectivity index (χ3n) is 4.91. The Bertz CT molecular complexity index is 686. The highest BCUT2D eigenvalue weighted by Crippen LogP contribution is 2.34. The maximum atomic E-state index is 13.3. The summed E-state index contributed by atoms with van der Waals surface area (Å²) in [5.41, 5.74) is -0.533. The number of nitrogens with one attached hydrogen (secondary N) is 1. The second kappa shape index (κ2) is 8.05. The molecule has 3 rings (SSSR count). The fourth-order valence-corrected chi connectivity index (χ4v) is 3.25. The largest absolute Gasteiger partial charge is 0.475 e. The quantitative estimate of drug-likeness (QED) is 0.812. The van der Waals surface area contributed by atoms with Gasteiger partial charge in [-0.05, 0) is 40.0 Å². The summed E-state index contributed by atoms with van der Waals surface area (Å²) < 4.78 is 37.6. The van der Waals surface area contributed by atoms with Gasteiger partial charge in [-0.1, -0.05) is 0 Å². The van der Waals surface area contributed by atoms with E-state index in [0.29, 0.717) is 37.7 Å². The first-order valence-corrected chi connectivity index (χ1v) is 9.70. The van der Waals surface area contributed by atoms with Crippen molar-refractivity contribution in [1.29, 1.82) is 0 Å². The molecule has 1 saturated heterocycles. The van der Waals surface area contributed by atoms with Crippen LogP contribution in [0.1, 0.15) is 52.9 Å². The normalized spacial score (nSPS) is 22.3. The number of hydrogen-bond acceptors (Lipinski definition) is 6. The van der Waals surface area contributed by atoms with E-state index in [9.17, 15) is 13.6 Å². The van der Waals surface area contributed by atoms with Crippen molar-refractivity contribution in [2.24, 2.45) is 0 Å². The van der Waals surface area contributed by atoms with E-state index in [1.165, 1.54) is 6.33 Å². The van der Waals surface area contributed by atoms with Crippen molar-refractivity contribution < 1.29 is 23.0 Å². The number of amides is 1. The second-order valence-corrected chi connectivity index (χ2v) is 8.44. The van der Waals surface area contributed by atoms with Crippen LogP contribution in [-0.2, 0) is 4.74 Å². The Kier molecular flexibility index (Phi) is 5.90. The topological polar surface area (TPSA) is 76.6 Å².